The SMILES string of the molecule is CC1CC(=O)N(CC(C)(C)C)C1=O. The Kier molecular flexibility index (Phi) is 2.46. The van der Waals surface area contributed by atoms with Crippen LogP contribution >= 0.6 is 0 Å². The molecule has 1 unspecified atom stereocenters. The molecule has 0 bridgehead atoms. The summed E-state index contributed by atoms with van der Waals surface area (Å²) in [5.41, 5.74) is -0.00458. The zero-order valence-electron chi connectivity index (χ0n) is 8.76. The van der Waals surface area contributed by atoms with Gasteiger partial charge < -0.3 is 0 Å². The summed E-state index contributed by atoms with van der Waals surface area (Å²) in [6.45, 7) is 8.42. The summed E-state index contributed by atoms with van der Waals surface area (Å²) in [5, 5.41) is 0. The van der Waals surface area contributed by atoms with Gasteiger partial charge in [0, 0.05) is 18.9 Å². The molecular weight excluding hydrogens is 166 g/mol. The smallest absolute Gasteiger partial charge is 0.232 e. The van der Waals surface area contributed by atoms with Crippen LogP contribution < -0.4 is 0 Å². The van der Waals surface area contributed by atoms with Gasteiger partial charge >= 0.3 is 0 Å². The van der Waals surface area contributed by atoms with Gasteiger partial charge in [0.1, 0.15) is 0 Å². The van der Waals surface area contributed by atoms with Gasteiger partial charge in [0.15, 0.2) is 0 Å². The molecule has 13 heavy (non-hydrogen) atoms. The van der Waals surface area contributed by atoms with E-state index in [9.17, 15) is 9.59 Å². The second kappa shape index (κ2) is 3.13. The number of amides is 2. The summed E-state index contributed by atoms with van der Waals surface area (Å²) in [6.07, 6.45) is 0.384. The molecule has 1 aliphatic rings. The van der Waals surface area contributed by atoms with Crippen LogP contribution in [0.1, 0.15) is 34.1 Å². The Balaban J connectivity index is 2.70. The highest BCUT2D eigenvalue weighted by Crippen LogP contribution is 2.23. The molecule has 1 atom stereocenters. The lowest BCUT2D eigenvalue weighted by atomic mass is 9.96. The van der Waals surface area contributed by atoms with Crippen molar-refractivity contribution in [2.75, 3.05) is 6.54 Å². The van der Waals surface area contributed by atoms with Gasteiger partial charge in [-0.25, -0.2) is 0 Å². The minimum absolute atomic E-state index is 0.00458. The van der Waals surface area contributed by atoms with E-state index in [1.165, 1.54) is 4.90 Å². The molecule has 0 aliphatic carbocycles. The second-order valence-electron chi connectivity index (χ2n) is 4.98. The largest absolute Gasteiger partial charge is 0.282 e. The highest BCUT2D eigenvalue weighted by atomic mass is 16.2. The normalized spacial score (nSPS) is 24.3. The van der Waals surface area contributed by atoms with Gasteiger partial charge in [0.05, 0.1) is 0 Å². The molecule has 0 aromatic carbocycles. The molecule has 0 spiro atoms. The highest BCUT2D eigenvalue weighted by molar-refractivity contribution is 6.03. The molecule has 74 valence electrons. The first-order valence-electron chi connectivity index (χ1n) is 4.65. The maximum Gasteiger partial charge on any atom is 0.232 e. The molecule has 1 heterocycles. The van der Waals surface area contributed by atoms with E-state index in [1.807, 2.05) is 27.7 Å². The molecule has 0 aromatic rings. The third-order valence-corrected chi connectivity index (χ3v) is 2.10. The van der Waals surface area contributed by atoms with Crippen molar-refractivity contribution in [3.8, 4) is 0 Å². The van der Waals surface area contributed by atoms with Crippen molar-refractivity contribution < 1.29 is 9.59 Å². The predicted molar refractivity (Wildman–Crippen MR) is 50.0 cm³/mol. The van der Waals surface area contributed by atoms with Crippen LogP contribution in [-0.2, 0) is 9.59 Å². The van der Waals surface area contributed by atoms with Gasteiger partial charge in [0.25, 0.3) is 0 Å². The molecule has 2 amide bonds. The summed E-state index contributed by atoms with van der Waals surface area (Å²) >= 11 is 0. The first-order chi connectivity index (χ1) is 5.81. The second-order valence-corrected chi connectivity index (χ2v) is 4.98. The Labute approximate surface area is 79.1 Å². The molecule has 0 radical (unpaired) electrons. The number of hydrogen-bond acceptors (Lipinski definition) is 2. The monoisotopic (exact) mass is 183 g/mol. The molecule has 0 saturated carbocycles. The first kappa shape index (κ1) is 10.2. The van der Waals surface area contributed by atoms with Crippen LogP contribution in [0.15, 0.2) is 0 Å². The lowest BCUT2D eigenvalue weighted by Gasteiger charge is -2.24. The molecule has 3 nitrogen and oxygen atoms in total. The quantitative estimate of drug-likeness (QED) is 0.577. The molecule has 1 aliphatic heterocycles. The third kappa shape index (κ3) is 2.29. The van der Waals surface area contributed by atoms with Crippen LogP contribution in [-0.4, -0.2) is 23.3 Å². The Morgan fingerprint density at radius 3 is 2.23 bits per heavy atom. The van der Waals surface area contributed by atoms with Gasteiger partial charge in [-0.2, -0.15) is 0 Å². The number of nitrogens with zero attached hydrogens (tertiary/aromatic N) is 1. The molecule has 1 saturated heterocycles. The van der Waals surface area contributed by atoms with Gasteiger partial charge in [0.2, 0.25) is 11.8 Å². The fourth-order valence-corrected chi connectivity index (χ4v) is 1.49. The summed E-state index contributed by atoms with van der Waals surface area (Å²) in [6, 6.07) is 0. The van der Waals surface area contributed by atoms with Crippen LogP contribution in [0.3, 0.4) is 0 Å². The number of carbonyl (C=O) groups is 2. The summed E-state index contributed by atoms with van der Waals surface area (Å²) in [4.78, 5) is 24.3. The molecule has 0 N–H and O–H groups in total. The number of hydrogen-bond donors (Lipinski definition) is 0. The van der Waals surface area contributed by atoms with E-state index in [4.69, 9.17) is 0 Å². The zero-order chi connectivity index (χ0) is 10.2. The van der Waals surface area contributed by atoms with Crippen LogP contribution in [0, 0.1) is 11.3 Å². The van der Waals surface area contributed by atoms with E-state index in [2.05, 4.69) is 0 Å². The molecule has 1 fully saturated rings. The molecule has 3 heteroatoms. The average Bonchev–Trinajstić information content (AvgIpc) is 2.14. The summed E-state index contributed by atoms with van der Waals surface area (Å²) in [5.74, 6) is -0.151. The Hall–Kier alpha value is -0.860. The molecule has 0 aromatic heterocycles. The third-order valence-electron chi connectivity index (χ3n) is 2.10. The lowest BCUT2D eigenvalue weighted by molar-refractivity contribution is -0.140. The average molecular weight is 183 g/mol. The van der Waals surface area contributed by atoms with Gasteiger partial charge in [-0.1, -0.05) is 27.7 Å². The van der Waals surface area contributed by atoms with Crippen molar-refractivity contribution in [3.05, 3.63) is 0 Å². The summed E-state index contributed by atoms with van der Waals surface area (Å²) < 4.78 is 0. The van der Waals surface area contributed by atoms with Crippen LogP contribution in [0.4, 0.5) is 0 Å². The van der Waals surface area contributed by atoms with Crippen LogP contribution in [0.5, 0.6) is 0 Å². The minimum atomic E-state index is -0.116. The lowest BCUT2D eigenvalue weighted by Crippen LogP contribution is -2.37. The topological polar surface area (TPSA) is 37.4 Å². The first-order valence-corrected chi connectivity index (χ1v) is 4.65. The summed E-state index contributed by atoms with van der Waals surface area (Å²) in [7, 11) is 0. The van der Waals surface area contributed by atoms with E-state index in [0.717, 1.165) is 0 Å². The number of rotatable bonds is 1. The highest BCUT2D eigenvalue weighted by Gasteiger charge is 2.37. The Bertz CT molecular complexity index is 240. The molecular formula is C10H17NO2. The maximum atomic E-state index is 11.5. The Morgan fingerprint density at radius 1 is 1.38 bits per heavy atom. The van der Waals surface area contributed by atoms with E-state index in [0.29, 0.717) is 13.0 Å². The van der Waals surface area contributed by atoms with Gasteiger partial charge in [-0.05, 0) is 5.41 Å². The number of imide groups is 1. The van der Waals surface area contributed by atoms with E-state index in [1.54, 1.807) is 0 Å². The minimum Gasteiger partial charge on any atom is -0.282 e. The standard InChI is InChI=1S/C10H17NO2/c1-7-5-8(12)11(9(7)13)6-10(2,3)4/h7H,5-6H2,1-4H3. The van der Waals surface area contributed by atoms with Crippen molar-refractivity contribution in [2.24, 2.45) is 11.3 Å². The van der Waals surface area contributed by atoms with Crippen LogP contribution in [0.25, 0.3) is 0 Å². The van der Waals surface area contributed by atoms with E-state index < -0.39 is 0 Å². The zero-order valence-corrected chi connectivity index (χ0v) is 8.76. The number of carbonyl (C=O) groups excluding carboxylic acids is 2. The fourth-order valence-electron chi connectivity index (χ4n) is 1.49. The van der Waals surface area contributed by atoms with Crippen LogP contribution in [0.2, 0.25) is 0 Å². The number of likely N-dealkylation sites (tertiary alicyclic amines) is 1. The fraction of sp³-hybridized carbons (Fsp3) is 0.800. The van der Waals surface area contributed by atoms with Crippen molar-refractivity contribution in [1.29, 1.82) is 0 Å². The van der Waals surface area contributed by atoms with Gasteiger partial charge in [-0.15, -0.1) is 0 Å². The maximum absolute atomic E-state index is 11.5. The Morgan fingerprint density at radius 2 is 1.92 bits per heavy atom. The van der Waals surface area contributed by atoms with Gasteiger partial charge in [-0.3, -0.25) is 14.5 Å². The van der Waals surface area contributed by atoms with E-state index in [-0.39, 0.29) is 23.1 Å². The van der Waals surface area contributed by atoms with Crippen molar-refractivity contribution in [3.63, 3.8) is 0 Å². The van der Waals surface area contributed by atoms with Crippen molar-refractivity contribution in [1.82, 2.24) is 4.90 Å². The van der Waals surface area contributed by atoms with Crippen molar-refractivity contribution in [2.45, 2.75) is 34.1 Å². The molecule has 1 rings (SSSR count). The van der Waals surface area contributed by atoms with Crippen molar-refractivity contribution >= 4 is 11.8 Å². The predicted octanol–water partition coefficient (Wildman–Crippen LogP) is 1.43. The van der Waals surface area contributed by atoms with E-state index >= 15 is 0 Å².